The van der Waals surface area contributed by atoms with Crippen LogP contribution < -0.4 is 82.3 Å². The molecule has 0 heterocycles. The number of primary amides is 1. The lowest BCUT2D eigenvalue weighted by Gasteiger charge is -2.29. The lowest BCUT2D eigenvalue weighted by Crippen LogP contribution is -2.61. The van der Waals surface area contributed by atoms with Gasteiger partial charge in [0.1, 0.15) is 54.4 Å². The highest BCUT2D eigenvalue weighted by Gasteiger charge is 2.36. The van der Waals surface area contributed by atoms with E-state index in [2.05, 4.69) is 73.1 Å². The summed E-state index contributed by atoms with van der Waals surface area (Å²) < 4.78 is 0. The van der Waals surface area contributed by atoms with Crippen LogP contribution in [0.4, 0.5) is 0 Å². The van der Waals surface area contributed by atoms with Gasteiger partial charge in [-0.05, 0) is 153 Å². The molecule has 0 aliphatic carbocycles. The molecule has 21 N–H and O–H groups in total. The summed E-state index contributed by atoms with van der Waals surface area (Å²) in [5, 5.41) is 24.7. The molecule has 0 rings (SSSR count). The summed E-state index contributed by atoms with van der Waals surface area (Å²) in [5.74, 6) is -7.33. The molecule has 0 spiro atoms. The second-order valence-corrected chi connectivity index (χ2v) is 23.3. The predicted octanol–water partition coefficient (Wildman–Crippen LogP) is -1.28. The molecular formula is C54H105N15O10S2. The van der Waals surface area contributed by atoms with E-state index in [1.807, 2.05) is 55.4 Å². The zero-order valence-corrected chi connectivity index (χ0v) is 51.4. The molecule has 0 fully saturated rings. The van der Waals surface area contributed by atoms with E-state index in [1.165, 1.54) is 0 Å². The third-order valence-electron chi connectivity index (χ3n) is 13.1. The molecule has 0 aliphatic heterocycles. The Morgan fingerprint density at radius 3 is 0.691 bits per heavy atom. The Balaban J connectivity index is 6.92. The summed E-state index contributed by atoms with van der Waals surface area (Å²) in [6.07, 6.45) is 4.89. The minimum Gasteiger partial charge on any atom is -0.368 e. The van der Waals surface area contributed by atoms with Gasteiger partial charge >= 0.3 is 0 Å². The first-order chi connectivity index (χ1) is 38.2. The largest absolute Gasteiger partial charge is 0.368 e. The van der Waals surface area contributed by atoms with Gasteiger partial charge < -0.3 is 82.3 Å². The first-order valence-electron chi connectivity index (χ1n) is 29.0. The number of thiol groups is 2. The van der Waals surface area contributed by atoms with Crippen molar-refractivity contribution in [2.75, 3.05) is 37.7 Å². The van der Waals surface area contributed by atoms with E-state index in [0.29, 0.717) is 77.5 Å². The van der Waals surface area contributed by atoms with E-state index in [-0.39, 0.29) is 86.5 Å². The maximum absolute atomic E-state index is 14.5. The van der Waals surface area contributed by atoms with Crippen LogP contribution in [0.2, 0.25) is 0 Å². The minimum atomic E-state index is -1.22. The molecule has 0 aromatic rings. The number of nitrogens with two attached hydrogens (primary N) is 6. The average Bonchev–Trinajstić information content (AvgIpc) is 3.39. The van der Waals surface area contributed by atoms with E-state index in [4.69, 9.17) is 34.4 Å². The van der Waals surface area contributed by atoms with Crippen LogP contribution in [0.25, 0.3) is 0 Å². The molecular weight excluding hydrogens is 1080 g/mol. The number of unbranched alkanes of at least 4 members (excludes halogenated alkanes) is 4. The van der Waals surface area contributed by atoms with Gasteiger partial charge in [-0.2, -0.15) is 25.3 Å². The van der Waals surface area contributed by atoms with Gasteiger partial charge in [0.05, 0.1) is 6.04 Å². The van der Waals surface area contributed by atoms with Crippen molar-refractivity contribution in [3.8, 4) is 0 Å². The fraction of sp³-hybridized carbons (Fsp3) is 0.815. The van der Waals surface area contributed by atoms with Crippen LogP contribution >= 0.6 is 25.3 Å². The molecule has 0 bridgehead atoms. The van der Waals surface area contributed by atoms with Gasteiger partial charge in [-0.3, -0.25) is 47.9 Å². The van der Waals surface area contributed by atoms with E-state index in [0.717, 1.165) is 0 Å². The van der Waals surface area contributed by atoms with E-state index < -0.39 is 119 Å². The normalized spacial score (nSPS) is 15.2. The highest BCUT2D eigenvalue weighted by Crippen LogP contribution is 2.15. The second kappa shape index (κ2) is 42.9. The highest BCUT2D eigenvalue weighted by atomic mass is 32.1. The molecule has 10 atom stereocenters. The standard InChI is InChI=1S/C54H105N15O10S2/c1-31(2)25-40(65-46(71)35(59)29-80)53(78)67-41(26-32(3)4)51(76)63-36(17-9-13-21-55)47(72)61-38(19-11-15-23-57)49(74)66-43(28-34(7)8)54(79)68-42(27-33(5)6)52(77)64-37(18-10-14-22-56)48(73)62-39(20-12-16-24-58)50(75)69-44(30-81)45(60)70/h31-44,80-81H,9-30,55-59H2,1-8H3,(H2,60,70)(H,61,72)(H,62,73)(H,63,76)(H,64,77)(H,65,71)(H,66,74)(H,67,78)(H,68,79)(H,69,75)/t35-,36-,37-,38-,39-,40-,41-,42-,43-,44-/m0/s1. The fourth-order valence-corrected chi connectivity index (χ4v) is 9.04. The van der Waals surface area contributed by atoms with Gasteiger partial charge in [0.2, 0.25) is 59.1 Å². The monoisotopic (exact) mass is 1190 g/mol. The molecule has 0 saturated carbocycles. The third-order valence-corrected chi connectivity index (χ3v) is 13.8. The van der Waals surface area contributed by atoms with Crippen LogP contribution in [0.3, 0.4) is 0 Å². The van der Waals surface area contributed by atoms with Crippen molar-refractivity contribution >= 4 is 84.3 Å². The zero-order chi connectivity index (χ0) is 61.8. The van der Waals surface area contributed by atoms with Crippen molar-refractivity contribution in [2.24, 2.45) is 58.1 Å². The number of hydrogen-bond donors (Lipinski definition) is 17. The zero-order valence-electron chi connectivity index (χ0n) is 49.6. The molecule has 81 heavy (non-hydrogen) atoms. The van der Waals surface area contributed by atoms with Gasteiger partial charge in [-0.1, -0.05) is 55.4 Å². The molecule has 27 heteroatoms. The number of carbonyl (C=O) groups excluding carboxylic acids is 10. The summed E-state index contributed by atoms with van der Waals surface area (Å²) in [6, 6.07) is -11.4. The Morgan fingerprint density at radius 1 is 0.309 bits per heavy atom. The lowest BCUT2D eigenvalue weighted by atomic mass is 9.98. The molecule has 10 amide bonds. The van der Waals surface area contributed by atoms with E-state index >= 15 is 0 Å². The van der Waals surface area contributed by atoms with Crippen molar-refractivity contribution in [2.45, 2.75) is 219 Å². The van der Waals surface area contributed by atoms with Crippen molar-refractivity contribution in [3.05, 3.63) is 0 Å². The van der Waals surface area contributed by atoms with Crippen molar-refractivity contribution in [3.63, 3.8) is 0 Å². The maximum atomic E-state index is 14.5. The smallest absolute Gasteiger partial charge is 0.243 e. The van der Waals surface area contributed by atoms with Crippen LogP contribution in [0.15, 0.2) is 0 Å². The van der Waals surface area contributed by atoms with Gasteiger partial charge in [0.25, 0.3) is 0 Å². The van der Waals surface area contributed by atoms with Crippen molar-refractivity contribution < 1.29 is 47.9 Å². The van der Waals surface area contributed by atoms with Gasteiger partial charge in [-0.25, -0.2) is 0 Å². The number of amides is 10. The summed E-state index contributed by atoms with van der Waals surface area (Å²) in [6.45, 7) is 16.1. The first kappa shape index (κ1) is 76.2. The topological polar surface area (TPSA) is 435 Å². The molecule has 25 nitrogen and oxygen atoms in total. The number of nitrogens with one attached hydrogen (secondary N) is 9. The molecule has 0 aromatic carbocycles. The Labute approximate surface area is 492 Å². The minimum absolute atomic E-state index is 0.0257. The summed E-state index contributed by atoms with van der Waals surface area (Å²) >= 11 is 8.20. The molecule has 0 saturated heterocycles. The number of carbonyl (C=O) groups is 10. The Kier molecular flexibility index (Phi) is 40.4. The van der Waals surface area contributed by atoms with E-state index in [9.17, 15) is 47.9 Å². The third kappa shape index (κ3) is 32.6. The van der Waals surface area contributed by atoms with Crippen LogP contribution in [0.1, 0.15) is 158 Å². The first-order valence-corrected chi connectivity index (χ1v) is 30.3. The number of hydrogen-bond acceptors (Lipinski definition) is 17. The second-order valence-electron chi connectivity index (χ2n) is 22.6. The SMILES string of the molecule is CC(C)C[C@H](NC(=O)[C@H](CC(C)C)NC(=O)[C@H](CCCCN)NC(=O)[C@H](CCCCN)NC(=O)[C@H](CC(C)C)NC(=O)[C@H](CC(C)C)NC(=O)[C@@H](N)CS)C(=O)N[C@@H](CCCCN)C(=O)N[C@@H](CCCCN)C(=O)N[C@@H](CS)C(N)=O. The highest BCUT2D eigenvalue weighted by molar-refractivity contribution is 7.80. The molecule has 0 unspecified atom stereocenters. The molecule has 0 aliphatic rings. The van der Waals surface area contributed by atoms with Gasteiger partial charge in [-0.15, -0.1) is 0 Å². The Morgan fingerprint density at radius 2 is 0.506 bits per heavy atom. The quantitative estimate of drug-likeness (QED) is 0.0250. The van der Waals surface area contributed by atoms with Crippen molar-refractivity contribution in [1.29, 1.82) is 0 Å². The Hall–Kier alpha value is -4.80. The molecule has 468 valence electrons. The summed E-state index contributed by atoms with van der Waals surface area (Å²) in [5.41, 5.74) is 34.4. The summed E-state index contributed by atoms with van der Waals surface area (Å²) in [4.78, 5) is 138. The van der Waals surface area contributed by atoms with Gasteiger partial charge in [0.15, 0.2) is 0 Å². The maximum Gasteiger partial charge on any atom is 0.243 e. The molecule has 0 radical (unpaired) electrons. The fourth-order valence-electron chi connectivity index (χ4n) is 8.61. The average molecular weight is 1190 g/mol. The number of rotatable bonds is 45. The lowest BCUT2D eigenvalue weighted by molar-refractivity contribution is -0.136. The van der Waals surface area contributed by atoms with E-state index in [1.54, 1.807) is 0 Å². The predicted molar refractivity (Wildman–Crippen MR) is 322 cm³/mol. The van der Waals surface area contributed by atoms with Crippen molar-refractivity contribution in [1.82, 2.24) is 47.9 Å². The van der Waals surface area contributed by atoms with Crippen LogP contribution in [0.5, 0.6) is 0 Å². The Bertz CT molecular complexity index is 1940. The summed E-state index contributed by atoms with van der Waals surface area (Å²) in [7, 11) is 0. The van der Waals surface area contributed by atoms with Crippen LogP contribution in [0, 0.1) is 23.7 Å². The van der Waals surface area contributed by atoms with Crippen LogP contribution in [-0.2, 0) is 47.9 Å². The molecule has 0 aromatic heterocycles. The van der Waals surface area contributed by atoms with Gasteiger partial charge in [0, 0.05) is 11.5 Å². The van der Waals surface area contributed by atoms with Crippen LogP contribution in [-0.4, -0.2) is 157 Å².